The molecule has 0 atom stereocenters. The van der Waals surface area contributed by atoms with E-state index >= 15 is 0 Å². The first-order valence-corrected chi connectivity index (χ1v) is 45.8. The Labute approximate surface area is 825 Å². The van der Waals surface area contributed by atoms with E-state index in [2.05, 4.69) is 251 Å². The molecule has 15 heteroatoms. The number of anilines is 3. The van der Waals surface area contributed by atoms with Crippen LogP contribution in [0.3, 0.4) is 0 Å². The second-order valence-electron chi connectivity index (χ2n) is 30.5. The molecule has 0 spiro atoms. The minimum atomic E-state index is 0.964. The standard InChI is InChI=1S/C20H15N.6C11H9N.4C10H8N2/c1-2-10-18(11-3-1)21-19-12-6-4-8-16(19)14-15-17-9-5-7-13-20(17)21;3*1-2-6-10(7-3-1)11-8-4-5-9-12-11;2*1-2-5-10(6-3-1)11-7-4-8-12-9-11;1-2-4-10(5-3-1)11-6-8-12-9-7-11;1-5-11-6-2-9(1)10-3-7-12-8-4-10;1-2-10(8-12-5-1)9-3-6-11-7-4-9;1-2-7-12-10(5-1)9-4-3-6-11-8-9;1-2-6-12-10(3-1)9-4-7-11-8-5-9/h1-15H;6*1-9H;4*1-8H. The van der Waals surface area contributed by atoms with Crippen molar-refractivity contribution in [3.63, 3.8) is 0 Å². The summed E-state index contributed by atoms with van der Waals surface area (Å²) in [7, 11) is 0. The van der Waals surface area contributed by atoms with Gasteiger partial charge in [0.2, 0.25) is 0 Å². The van der Waals surface area contributed by atoms with Gasteiger partial charge in [0.05, 0.1) is 39.8 Å². The van der Waals surface area contributed by atoms with Crippen LogP contribution in [0.1, 0.15) is 11.1 Å². The van der Waals surface area contributed by atoms with Crippen LogP contribution in [-0.4, -0.2) is 69.8 Å². The van der Waals surface area contributed by atoms with Gasteiger partial charge in [0.15, 0.2) is 0 Å². The predicted molar refractivity (Wildman–Crippen MR) is 578 cm³/mol. The number of benzene rings is 9. The van der Waals surface area contributed by atoms with Gasteiger partial charge in [-0.1, -0.05) is 297 Å². The molecule has 24 rings (SSSR count). The zero-order valence-corrected chi connectivity index (χ0v) is 77.5. The van der Waals surface area contributed by atoms with E-state index < -0.39 is 0 Å². The van der Waals surface area contributed by atoms with Crippen molar-refractivity contribution >= 4 is 29.2 Å². The molecule has 141 heavy (non-hydrogen) atoms. The van der Waals surface area contributed by atoms with Crippen LogP contribution in [-0.2, 0) is 0 Å². The van der Waals surface area contributed by atoms with Gasteiger partial charge in [-0.3, -0.25) is 69.8 Å². The van der Waals surface area contributed by atoms with Gasteiger partial charge in [0.1, 0.15) is 0 Å². The number of rotatable bonds is 11. The van der Waals surface area contributed by atoms with Crippen LogP contribution in [0.25, 0.3) is 124 Å². The maximum Gasteiger partial charge on any atom is 0.0717 e. The van der Waals surface area contributed by atoms with Crippen LogP contribution >= 0.6 is 0 Å². The summed E-state index contributed by atoms with van der Waals surface area (Å²) in [5.74, 6) is 0. The molecule has 0 amide bonds. The van der Waals surface area contributed by atoms with Crippen LogP contribution in [0.5, 0.6) is 0 Å². The number of nitrogens with zero attached hydrogens (tertiary/aromatic N) is 15. The van der Waals surface area contributed by atoms with E-state index in [4.69, 9.17) is 0 Å². The lowest BCUT2D eigenvalue weighted by atomic mass is 10.1. The van der Waals surface area contributed by atoms with Crippen molar-refractivity contribution in [3.8, 4) is 112 Å². The molecule has 0 bridgehead atoms. The van der Waals surface area contributed by atoms with Crippen molar-refractivity contribution in [2.75, 3.05) is 4.90 Å². The molecule has 15 nitrogen and oxygen atoms in total. The molecular formula is C126H101N15. The number of hydrogen-bond acceptors (Lipinski definition) is 15. The Hall–Kier alpha value is -19.4. The molecule has 0 saturated heterocycles. The molecule has 680 valence electrons. The van der Waals surface area contributed by atoms with Crippen molar-refractivity contribution in [2.45, 2.75) is 0 Å². The predicted octanol–water partition coefficient (Wildman–Crippen LogP) is 30.7. The van der Waals surface area contributed by atoms with Gasteiger partial charge in [0, 0.05) is 182 Å². The first-order valence-electron chi connectivity index (χ1n) is 45.8. The van der Waals surface area contributed by atoms with Crippen molar-refractivity contribution in [1.82, 2.24) is 69.8 Å². The van der Waals surface area contributed by atoms with Gasteiger partial charge in [-0.25, -0.2) is 0 Å². The first kappa shape index (κ1) is 97.6. The largest absolute Gasteiger partial charge is 0.309 e. The highest BCUT2D eigenvalue weighted by Gasteiger charge is 2.19. The third kappa shape index (κ3) is 32.8. The molecule has 15 heterocycles. The summed E-state index contributed by atoms with van der Waals surface area (Å²) in [6.45, 7) is 0. The van der Waals surface area contributed by atoms with E-state index in [9.17, 15) is 0 Å². The Kier molecular flexibility index (Phi) is 39.6. The Balaban J connectivity index is 0.000000124. The van der Waals surface area contributed by atoms with Crippen molar-refractivity contribution < 1.29 is 0 Å². The summed E-state index contributed by atoms with van der Waals surface area (Å²) in [5, 5.41) is 0. The highest BCUT2D eigenvalue weighted by molar-refractivity contribution is 5.93. The van der Waals surface area contributed by atoms with Crippen LogP contribution in [0.2, 0.25) is 0 Å². The van der Waals surface area contributed by atoms with E-state index in [1.807, 2.05) is 353 Å². The molecule has 9 aromatic carbocycles. The minimum Gasteiger partial charge on any atom is -0.309 e. The Bertz CT molecular complexity index is 5600. The van der Waals surface area contributed by atoms with Gasteiger partial charge in [-0.2, -0.15) is 0 Å². The lowest BCUT2D eigenvalue weighted by molar-refractivity contribution is 1.28. The Morgan fingerprint density at radius 2 is 0.312 bits per heavy atom. The molecule has 0 saturated carbocycles. The molecule has 0 radical (unpaired) electrons. The van der Waals surface area contributed by atoms with Crippen molar-refractivity contribution in [3.05, 3.63) is 615 Å². The van der Waals surface area contributed by atoms with Gasteiger partial charge in [-0.15, -0.1) is 0 Å². The summed E-state index contributed by atoms with van der Waals surface area (Å²) in [5.41, 5.74) is 28.6. The number of hydrogen-bond donors (Lipinski definition) is 0. The molecule has 1 aliphatic heterocycles. The highest BCUT2D eigenvalue weighted by Crippen LogP contribution is 2.42. The molecule has 0 unspecified atom stereocenters. The molecule has 14 aromatic heterocycles. The topological polar surface area (TPSA) is 184 Å². The quantitative estimate of drug-likeness (QED) is 0.119. The van der Waals surface area contributed by atoms with Crippen LogP contribution in [0.15, 0.2) is 604 Å². The zero-order valence-electron chi connectivity index (χ0n) is 77.5. The fourth-order valence-corrected chi connectivity index (χ4v) is 14.0. The summed E-state index contributed by atoms with van der Waals surface area (Å²) in [4.78, 5) is 59.5. The summed E-state index contributed by atoms with van der Waals surface area (Å²) in [6.07, 6.45) is 45.7. The van der Waals surface area contributed by atoms with Gasteiger partial charge in [-0.05, 0) is 237 Å². The maximum atomic E-state index is 4.25. The van der Waals surface area contributed by atoms with Crippen molar-refractivity contribution in [2.24, 2.45) is 0 Å². The maximum absolute atomic E-state index is 4.25. The second kappa shape index (κ2) is 57.3. The average molecular weight is 1830 g/mol. The van der Waals surface area contributed by atoms with Gasteiger partial charge in [0.25, 0.3) is 0 Å². The Morgan fingerprint density at radius 3 is 0.567 bits per heavy atom. The van der Waals surface area contributed by atoms with E-state index in [1.54, 1.807) is 86.8 Å². The van der Waals surface area contributed by atoms with Crippen LogP contribution < -0.4 is 4.90 Å². The molecule has 23 aromatic rings. The number of fused-ring (bicyclic) bond motifs is 2. The molecule has 0 fully saturated rings. The van der Waals surface area contributed by atoms with Crippen LogP contribution in [0.4, 0.5) is 17.1 Å². The van der Waals surface area contributed by atoms with Crippen molar-refractivity contribution in [1.29, 1.82) is 0 Å². The zero-order chi connectivity index (χ0) is 96.3. The molecular weight excluding hydrogens is 1720 g/mol. The van der Waals surface area contributed by atoms with E-state index in [1.165, 1.54) is 61.6 Å². The van der Waals surface area contributed by atoms with Gasteiger partial charge < -0.3 is 4.90 Å². The van der Waals surface area contributed by atoms with E-state index in [0.29, 0.717) is 0 Å². The summed E-state index contributed by atoms with van der Waals surface area (Å²) in [6, 6.07) is 154. The Morgan fingerprint density at radius 1 is 0.121 bits per heavy atom. The SMILES string of the molecule is C1=Cc2ccccc2N(c2ccccc2)c2ccccc21.c1cc(-c2ccncc2)ccn1.c1ccc(-c2ccccn2)cc1.c1ccc(-c2ccccn2)cc1.c1ccc(-c2ccccn2)cc1.c1ccc(-c2cccnc2)cc1.c1ccc(-c2cccnc2)cc1.c1ccc(-c2cccnc2)nc1.c1ccc(-c2ccncc2)cc1.c1ccc(-c2ccncc2)nc1.c1cncc(-c2ccncc2)c1. The normalized spacial score (nSPS) is 10.1. The number of pyridine rings is 14. The minimum absolute atomic E-state index is 0.964. The lowest BCUT2D eigenvalue weighted by Gasteiger charge is -2.27. The average Bonchev–Trinajstić information content (AvgIpc) is 1.67. The second-order valence-corrected chi connectivity index (χ2v) is 30.5. The first-order chi connectivity index (χ1) is 70.1. The smallest absolute Gasteiger partial charge is 0.0717 e. The molecule has 0 aliphatic carbocycles. The third-order valence-electron chi connectivity index (χ3n) is 21.0. The number of aromatic nitrogens is 14. The van der Waals surface area contributed by atoms with E-state index in [0.717, 1.165) is 78.5 Å². The highest BCUT2D eigenvalue weighted by atomic mass is 15.1. The lowest BCUT2D eigenvalue weighted by Crippen LogP contribution is -2.11. The summed E-state index contributed by atoms with van der Waals surface area (Å²) < 4.78 is 0. The van der Waals surface area contributed by atoms with Gasteiger partial charge >= 0.3 is 0 Å². The fourth-order valence-electron chi connectivity index (χ4n) is 14.0. The number of para-hydroxylation sites is 3. The van der Waals surface area contributed by atoms with Crippen LogP contribution in [0, 0.1) is 0 Å². The monoisotopic (exact) mass is 1820 g/mol. The molecule has 0 N–H and O–H groups in total. The van der Waals surface area contributed by atoms with E-state index in [-0.39, 0.29) is 0 Å². The fraction of sp³-hybridized carbons (Fsp3) is 0. The summed E-state index contributed by atoms with van der Waals surface area (Å²) >= 11 is 0. The third-order valence-corrected chi connectivity index (χ3v) is 21.0. The molecule has 1 aliphatic rings.